The van der Waals surface area contributed by atoms with Crippen molar-refractivity contribution < 1.29 is 13.2 Å². The van der Waals surface area contributed by atoms with E-state index in [1.165, 1.54) is 0 Å². The Morgan fingerprint density at radius 1 is 1.24 bits per heavy atom. The largest absolute Gasteiger partial charge is 0.398 e. The standard InChI is InChI=1S/C15H16F3N3/c1-2-21-14(5-9-8-20-4-3-13(9)19)15-11(17)6-10(16)7-12(15)18/h3-4,6-8,14,21H,2,5H2,1H3,(H2,19,20). The van der Waals surface area contributed by atoms with Gasteiger partial charge in [-0.05, 0) is 24.6 Å². The maximum Gasteiger partial charge on any atom is 0.133 e. The molecule has 1 aromatic carbocycles. The summed E-state index contributed by atoms with van der Waals surface area (Å²) < 4.78 is 40.9. The van der Waals surface area contributed by atoms with Gasteiger partial charge in [-0.1, -0.05) is 6.92 Å². The molecule has 0 spiro atoms. The molecule has 0 aliphatic rings. The van der Waals surface area contributed by atoms with E-state index >= 15 is 0 Å². The Kier molecular flexibility index (Phi) is 4.80. The Morgan fingerprint density at radius 2 is 1.90 bits per heavy atom. The molecule has 1 aromatic heterocycles. The van der Waals surface area contributed by atoms with Crippen LogP contribution in [-0.4, -0.2) is 11.5 Å². The normalized spacial score (nSPS) is 12.4. The number of benzene rings is 1. The number of nitrogens with one attached hydrogen (secondary N) is 1. The van der Waals surface area contributed by atoms with E-state index in [0.29, 0.717) is 29.9 Å². The van der Waals surface area contributed by atoms with Gasteiger partial charge in [0.2, 0.25) is 0 Å². The summed E-state index contributed by atoms with van der Waals surface area (Å²) in [5, 5.41) is 2.99. The molecule has 3 nitrogen and oxygen atoms in total. The highest BCUT2D eigenvalue weighted by Crippen LogP contribution is 2.26. The predicted molar refractivity (Wildman–Crippen MR) is 75.1 cm³/mol. The lowest BCUT2D eigenvalue weighted by Crippen LogP contribution is -2.25. The number of hydrogen-bond donors (Lipinski definition) is 2. The zero-order chi connectivity index (χ0) is 15.4. The first-order valence-electron chi connectivity index (χ1n) is 6.59. The maximum absolute atomic E-state index is 13.9. The molecule has 0 aliphatic heterocycles. The first-order valence-corrected chi connectivity index (χ1v) is 6.59. The zero-order valence-electron chi connectivity index (χ0n) is 11.5. The minimum Gasteiger partial charge on any atom is -0.398 e. The summed E-state index contributed by atoms with van der Waals surface area (Å²) >= 11 is 0. The average Bonchev–Trinajstić information content (AvgIpc) is 2.40. The molecule has 2 rings (SSSR count). The molecule has 0 bridgehead atoms. The predicted octanol–water partition coefficient (Wildman–Crippen LogP) is 2.97. The quantitative estimate of drug-likeness (QED) is 0.891. The van der Waals surface area contributed by atoms with Crippen molar-refractivity contribution in [3.63, 3.8) is 0 Å². The third-order valence-corrected chi connectivity index (χ3v) is 3.21. The van der Waals surface area contributed by atoms with Gasteiger partial charge in [0.05, 0.1) is 0 Å². The third-order valence-electron chi connectivity index (χ3n) is 3.21. The van der Waals surface area contributed by atoms with E-state index in [9.17, 15) is 13.2 Å². The molecule has 1 atom stereocenters. The van der Waals surface area contributed by atoms with Crippen molar-refractivity contribution in [1.29, 1.82) is 0 Å². The van der Waals surface area contributed by atoms with Crippen LogP contribution in [0.4, 0.5) is 18.9 Å². The molecule has 0 fully saturated rings. The number of rotatable bonds is 5. The minimum atomic E-state index is -0.940. The number of pyridine rings is 1. The second-order valence-electron chi connectivity index (χ2n) is 4.67. The van der Waals surface area contributed by atoms with Gasteiger partial charge in [-0.2, -0.15) is 0 Å². The van der Waals surface area contributed by atoms with Crippen LogP contribution in [0, 0.1) is 17.5 Å². The van der Waals surface area contributed by atoms with Crippen molar-refractivity contribution >= 4 is 5.69 Å². The molecule has 2 aromatic rings. The summed E-state index contributed by atoms with van der Waals surface area (Å²) in [4.78, 5) is 3.96. The summed E-state index contributed by atoms with van der Waals surface area (Å²) in [5.41, 5.74) is 6.80. The number of anilines is 1. The van der Waals surface area contributed by atoms with Crippen LogP contribution in [0.1, 0.15) is 24.1 Å². The van der Waals surface area contributed by atoms with Crippen molar-refractivity contribution in [2.45, 2.75) is 19.4 Å². The van der Waals surface area contributed by atoms with Gasteiger partial charge in [-0.3, -0.25) is 4.98 Å². The van der Waals surface area contributed by atoms with Crippen LogP contribution in [0.3, 0.4) is 0 Å². The molecule has 6 heteroatoms. The van der Waals surface area contributed by atoms with Crippen molar-refractivity contribution in [2.24, 2.45) is 0 Å². The van der Waals surface area contributed by atoms with Crippen LogP contribution in [0.15, 0.2) is 30.6 Å². The number of likely N-dealkylation sites (N-methyl/N-ethyl adjacent to an activating group) is 1. The Labute approximate surface area is 121 Å². The topological polar surface area (TPSA) is 50.9 Å². The van der Waals surface area contributed by atoms with E-state index in [4.69, 9.17) is 5.73 Å². The number of nitrogen functional groups attached to an aromatic ring is 1. The number of halogens is 3. The van der Waals surface area contributed by atoms with Gasteiger partial charge in [-0.15, -0.1) is 0 Å². The van der Waals surface area contributed by atoms with Crippen LogP contribution in [0.25, 0.3) is 0 Å². The third kappa shape index (κ3) is 3.52. The maximum atomic E-state index is 13.9. The molecule has 1 unspecified atom stereocenters. The molecular weight excluding hydrogens is 279 g/mol. The van der Waals surface area contributed by atoms with Crippen molar-refractivity contribution in [2.75, 3.05) is 12.3 Å². The second kappa shape index (κ2) is 6.58. The van der Waals surface area contributed by atoms with Crippen molar-refractivity contribution in [3.8, 4) is 0 Å². The molecule has 0 amide bonds. The van der Waals surface area contributed by atoms with Crippen LogP contribution in [0.5, 0.6) is 0 Å². The fourth-order valence-corrected chi connectivity index (χ4v) is 2.24. The van der Waals surface area contributed by atoms with E-state index in [-0.39, 0.29) is 12.0 Å². The number of aromatic nitrogens is 1. The van der Waals surface area contributed by atoms with Gasteiger partial charge in [0, 0.05) is 41.8 Å². The lowest BCUT2D eigenvalue weighted by Gasteiger charge is -2.20. The summed E-state index contributed by atoms with van der Waals surface area (Å²) in [7, 11) is 0. The lowest BCUT2D eigenvalue weighted by atomic mass is 9.97. The van der Waals surface area contributed by atoms with Gasteiger partial charge < -0.3 is 11.1 Å². The highest BCUT2D eigenvalue weighted by Gasteiger charge is 2.22. The average molecular weight is 295 g/mol. The molecule has 0 radical (unpaired) electrons. The highest BCUT2D eigenvalue weighted by atomic mass is 19.1. The molecule has 0 aliphatic carbocycles. The Hall–Kier alpha value is -2.08. The fourth-order valence-electron chi connectivity index (χ4n) is 2.24. The van der Waals surface area contributed by atoms with Crippen LogP contribution < -0.4 is 11.1 Å². The molecule has 0 saturated carbocycles. The van der Waals surface area contributed by atoms with Gasteiger partial charge in [0.25, 0.3) is 0 Å². The molecule has 112 valence electrons. The summed E-state index contributed by atoms with van der Waals surface area (Å²) in [6, 6.07) is 2.32. The fraction of sp³-hybridized carbons (Fsp3) is 0.267. The smallest absolute Gasteiger partial charge is 0.133 e. The molecule has 1 heterocycles. The first kappa shape index (κ1) is 15.3. The van der Waals surface area contributed by atoms with Crippen LogP contribution in [-0.2, 0) is 6.42 Å². The summed E-state index contributed by atoms with van der Waals surface area (Å²) in [6.45, 7) is 2.32. The number of nitrogens with two attached hydrogens (primary N) is 1. The molecule has 3 N–H and O–H groups in total. The molecule has 0 saturated heterocycles. The van der Waals surface area contributed by atoms with Crippen molar-refractivity contribution in [1.82, 2.24) is 10.3 Å². The van der Waals surface area contributed by atoms with Crippen LogP contribution >= 0.6 is 0 Å². The minimum absolute atomic E-state index is 0.193. The van der Waals surface area contributed by atoms with Crippen LogP contribution in [0.2, 0.25) is 0 Å². The summed E-state index contributed by atoms with van der Waals surface area (Å²) in [5.74, 6) is -2.77. The number of hydrogen-bond acceptors (Lipinski definition) is 3. The summed E-state index contributed by atoms with van der Waals surface area (Å²) in [6.07, 6.45) is 3.35. The first-order chi connectivity index (χ1) is 10.0. The monoisotopic (exact) mass is 295 g/mol. The lowest BCUT2D eigenvalue weighted by molar-refractivity contribution is 0.462. The Bertz CT molecular complexity index is 608. The van der Waals surface area contributed by atoms with Gasteiger partial charge in [0.1, 0.15) is 17.5 Å². The SMILES string of the molecule is CCNC(Cc1cnccc1N)c1c(F)cc(F)cc1F. The van der Waals surface area contributed by atoms with E-state index in [1.54, 1.807) is 18.5 Å². The Morgan fingerprint density at radius 3 is 2.48 bits per heavy atom. The van der Waals surface area contributed by atoms with Gasteiger partial charge >= 0.3 is 0 Å². The number of nitrogens with zero attached hydrogens (tertiary/aromatic N) is 1. The zero-order valence-corrected chi connectivity index (χ0v) is 11.5. The van der Waals surface area contributed by atoms with E-state index in [1.807, 2.05) is 6.92 Å². The Balaban J connectivity index is 2.38. The van der Waals surface area contributed by atoms with E-state index in [0.717, 1.165) is 0 Å². The molecular formula is C15H16F3N3. The highest BCUT2D eigenvalue weighted by molar-refractivity contribution is 5.45. The molecule has 21 heavy (non-hydrogen) atoms. The van der Waals surface area contributed by atoms with Gasteiger partial charge in [0.15, 0.2) is 0 Å². The van der Waals surface area contributed by atoms with E-state index in [2.05, 4.69) is 10.3 Å². The van der Waals surface area contributed by atoms with E-state index < -0.39 is 23.5 Å². The second-order valence-corrected chi connectivity index (χ2v) is 4.67. The van der Waals surface area contributed by atoms with Gasteiger partial charge in [-0.25, -0.2) is 13.2 Å². The van der Waals surface area contributed by atoms with Crippen molar-refractivity contribution in [3.05, 3.63) is 59.2 Å².